The molecule has 0 bridgehead atoms. The van der Waals surface area contributed by atoms with E-state index in [0.29, 0.717) is 42.3 Å². The van der Waals surface area contributed by atoms with Gasteiger partial charge >= 0.3 is 0 Å². The van der Waals surface area contributed by atoms with Crippen molar-refractivity contribution in [2.24, 2.45) is 5.92 Å². The minimum Gasteiger partial charge on any atom is -0.495 e. The number of ether oxygens (including phenoxy) is 3. The van der Waals surface area contributed by atoms with Crippen molar-refractivity contribution < 1.29 is 27.4 Å². The third-order valence-corrected chi connectivity index (χ3v) is 7.22. The molecule has 1 saturated heterocycles. The Kier molecular flexibility index (Phi) is 5.57. The molecule has 0 aliphatic carbocycles. The average Bonchev–Trinajstić information content (AvgIpc) is 3.21. The summed E-state index contributed by atoms with van der Waals surface area (Å²) in [5.41, 5.74) is 1.41. The smallest absolute Gasteiger partial charge is 0.246 e. The van der Waals surface area contributed by atoms with Crippen LogP contribution in [0.1, 0.15) is 18.4 Å². The Labute approximate surface area is 175 Å². The number of piperidine rings is 1. The van der Waals surface area contributed by atoms with Crippen LogP contribution in [0.2, 0.25) is 0 Å². The highest BCUT2D eigenvalue weighted by molar-refractivity contribution is 7.89. The fourth-order valence-electron chi connectivity index (χ4n) is 3.72. The number of rotatable bonds is 5. The Morgan fingerprint density at radius 1 is 1.17 bits per heavy atom. The predicted octanol–water partition coefficient (Wildman–Crippen LogP) is 2.77. The van der Waals surface area contributed by atoms with Crippen LogP contribution in [0.4, 0.5) is 5.69 Å². The molecule has 1 N–H and O–H groups in total. The van der Waals surface area contributed by atoms with Crippen LogP contribution in [-0.2, 0) is 14.8 Å². The van der Waals surface area contributed by atoms with E-state index in [-0.39, 0.29) is 24.1 Å². The van der Waals surface area contributed by atoms with Gasteiger partial charge in [0.05, 0.1) is 13.0 Å². The van der Waals surface area contributed by atoms with E-state index in [1.165, 1.54) is 11.4 Å². The van der Waals surface area contributed by atoms with E-state index in [4.69, 9.17) is 14.2 Å². The number of hydrogen-bond acceptors (Lipinski definition) is 6. The largest absolute Gasteiger partial charge is 0.495 e. The van der Waals surface area contributed by atoms with Crippen LogP contribution >= 0.6 is 0 Å². The maximum Gasteiger partial charge on any atom is 0.246 e. The van der Waals surface area contributed by atoms with Crippen molar-refractivity contribution in [1.29, 1.82) is 0 Å². The van der Waals surface area contributed by atoms with Crippen molar-refractivity contribution in [2.75, 3.05) is 32.3 Å². The second-order valence-electron chi connectivity index (χ2n) is 7.41. The summed E-state index contributed by atoms with van der Waals surface area (Å²) in [5.74, 6) is 0.842. The number of carbonyl (C=O) groups is 1. The van der Waals surface area contributed by atoms with Gasteiger partial charge in [0, 0.05) is 24.8 Å². The van der Waals surface area contributed by atoms with Gasteiger partial charge in [-0.15, -0.1) is 0 Å². The van der Waals surface area contributed by atoms with Crippen LogP contribution in [0.25, 0.3) is 0 Å². The number of nitrogens with zero attached hydrogens (tertiary/aromatic N) is 1. The molecule has 1 atom stereocenters. The Morgan fingerprint density at radius 3 is 2.77 bits per heavy atom. The van der Waals surface area contributed by atoms with E-state index < -0.39 is 15.9 Å². The highest BCUT2D eigenvalue weighted by atomic mass is 32.2. The van der Waals surface area contributed by atoms with Gasteiger partial charge in [0.25, 0.3) is 0 Å². The standard InChI is InChI=1S/C21H24N2O6S/c1-14-5-7-18(27-2)20(10-14)30(25,26)23-9-3-4-15(12-23)21(24)22-16-6-8-17-19(11-16)29-13-28-17/h5-8,10-11,15H,3-4,9,12-13H2,1-2H3,(H,22,24)/t15-/m1/s1. The molecule has 0 unspecified atom stereocenters. The van der Waals surface area contributed by atoms with Gasteiger partial charge < -0.3 is 19.5 Å². The molecule has 2 aliphatic heterocycles. The van der Waals surface area contributed by atoms with Gasteiger partial charge in [-0.3, -0.25) is 4.79 Å². The Balaban J connectivity index is 1.50. The molecular formula is C21H24N2O6S. The summed E-state index contributed by atoms with van der Waals surface area (Å²) in [6.45, 7) is 2.48. The van der Waals surface area contributed by atoms with Crippen molar-refractivity contribution in [1.82, 2.24) is 4.31 Å². The summed E-state index contributed by atoms with van der Waals surface area (Å²) in [4.78, 5) is 13.0. The SMILES string of the molecule is COc1ccc(C)cc1S(=O)(=O)N1CCC[C@@H](C(=O)Nc2ccc3c(c2)OCO3)C1. The first-order valence-electron chi connectivity index (χ1n) is 9.74. The molecule has 2 heterocycles. The van der Waals surface area contributed by atoms with Crippen molar-refractivity contribution in [2.45, 2.75) is 24.7 Å². The number of benzene rings is 2. The minimum absolute atomic E-state index is 0.121. The molecule has 0 radical (unpaired) electrons. The summed E-state index contributed by atoms with van der Waals surface area (Å²) in [6, 6.07) is 10.2. The van der Waals surface area contributed by atoms with Crippen LogP contribution < -0.4 is 19.5 Å². The fraction of sp³-hybridized carbons (Fsp3) is 0.381. The van der Waals surface area contributed by atoms with Gasteiger partial charge in [-0.25, -0.2) is 8.42 Å². The van der Waals surface area contributed by atoms with Crippen molar-refractivity contribution >= 4 is 21.6 Å². The van der Waals surface area contributed by atoms with Gasteiger partial charge in [-0.2, -0.15) is 4.31 Å². The quantitative estimate of drug-likeness (QED) is 0.781. The number of amides is 1. The zero-order valence-corrected chi connectivity index (χ0v) is 17.7. The number of sulfonamides is 1. The first kappa shape index (κ1) is 20.5. The fourth-order valence-corrected chi connectivity index (χ4v) is 5.48. The van der Waals surface area contributed by atoms with E-state index in [0.717, 1.165) is 5.56 Å². The van der Waals surface area contributed by atoms with Crippen LogP contribution in [0.15, 0.2) is 41.3 Å². The van der Waals surface area contributed by atoms with Crippen LogP contribution in [0, 0.1) is 12.8 Å². The molecule has 2 aromatic carbocycles. The van der Waals surface area contributed by atoms with Gasteiger partial charge in [0.2, 0.25) is 22.7 Å². The summed E-state index contributed by atoms with van der Waals surface area (Å²) in [6.07, 6.45) is 1.22. The highest BCUT2D eigenvalue weighted by Gasteiger charge is 2.35. The molecule has 2 aromatic rings. The van der Waals surface area contributed by atoms with Gasteiger partial charge in [-0.05, 0) is 49.6 Å². The van der Waals surface area contributed by atoms with Crippen LogP contribution in [0.5, 0.6) is 17.2 Å². The van der Waals surface area contributed by atoms with E-state index >= 15 is 0 Å². The van der Waals surface area contributed by atoms with Gasteiger partial charge in [-0.1, -0.05) is 6.07 Å². The summed E-state index contributed by atoms with van der Waals surface area (Å²) in [5, 5.41) is 2.86. The van der Waals surface area contributed by atoms with E-state index in [2.05, 4.69) is 5.32 Å². The summed E-state index contributed by atoms with van der Waals surface area (Å²) >= 11 is 0. The zero-order valence-electron chi connectivity index (χ0n) is 16.9. The highest BCUT2D eigenvalue weighted by Crippen LogP contribution is 2.35. The molecule has 8 nitrogen and oxygen atoms in total. The molecule has 1 amide bonds. The second-order valence-corrected chi connectivity index (χ2v) is 9.32. The molecule has 0 aromatic heterocycles. The molecule has 2 aliphatic rings. The number of methoxy groups -OCH3 is 1. The van der Waals surface area contributed by atoms with E-state index in [1.807, 2.05) is 6.92 Å². The van der Waals surface area contributed by atoms with Gasteiger partial charge in [0.1, 0.15) is 10.6 Å². The molecule has 4 rings (SSSR count). The molecule has 160 valence electrons. The zero-order chi connectivity index (χ0) is 21.3. The normalized spacial score (nSPS) is 18.8. The number of aryl methyl sites for hydroxylation is 1. The van der Waals surface area contributed by atoms with Crippen LogP contribution in [-0.4, -0.2) is 45.6 Å². The Morgan fingerprint density at radius 2 is 1.97 bits per heavy atom. The lowest BCUT2D eigenvalue weighted by Gasteiger charge is -2.31. The lowest BCUT2D eigenvalue weighted by atomic mass is 9.98. The molecule has 0 spiro atoms. The van der Waals surface area contributed by atoms with Gasteiger partial charge in [0.15, 0.2) is 11.5 Å². The summed E-state index contributed by atoms with van der Waals surface area (Å²) in [7, 11) is -2.34. The van der Waals surface area contributed by atoms with E-state index in [9.17, 15) is 13.2 Å². The third kappa shape index (κ3) is 3.95. The number of anilines is 1. The monoisotopic (exact) mass is 432 g/mol. The number of hydrogen-bond donors (Lipinski definition) is 1. The first-order chi connectivity index (χ1) is 14.4. The van der Waals surface area contributed by atoms with Crippen molar-refractivity contribution in [3.05, 3.63) is 42.0 Å². The predicted molar refractivity (Wildman–Crippen MR) is 110 cm³/mol. The van der Waals surface area contributed by atoms with Crippen molar-refractivity contribution in [3.8, 4) is 17.2 Å². The lowest BCUT2D eigenvalue weighted by Crippen LogP contribution is -2.43. The number of carbonyl (C=O) groups excluding carboxylic acids is 1. The lowest BCUT2D eigenvalue weighted by molar-refractivity contribution is -0.120. The topological polar surface area (TPSA) is 94.2 Å². The van der Waals surface area contributed by atoms with Crippen LogP contribution in [0.3, 0.4) is 0 Å². The maximum atomic E-state index is 13.3. The second kappa shape index (κ2) is 8.16. The third-order valence-electron chi connectivity index (χ3n) is 5.33. The van der Waals surface area contributed by atoms with E-state index in [1.54, 1.807) is 36.4 Å². The molecule has 30 heavy (non-hydrogen) atoms. The maximum absolute atomic E-state index is 13.3. The molecule has 0 saturated carbocycles. The Hall–Kier alpha value is -2.78. The molecule has 1 fully saturated rings. The van der Waals surface area contributed by atoms with Crippen molar-refractivity contribution in [3.63, 3.8) is 0 Å². The number of nitrogens with one attached hydrogen (secondary N) is 1. The first-order valence-corrected chi connectivity index (χ1v) is 11.2. The molecular weight excluding hydrogens is 408 g/mol. The molecule has 9 heteroatoms. The average molecular weight is 432 g/mol. The number of fused-ring (bicyclic) bond motifs is 1. The Bertz CT molecular complexity index is 1070. The minimum atomic E-state index is -3.78. The summed E-state index contributed by atoms with van der Waals surface area (Å²) < 4.78 is 43.8.